The van der Waals surface area contributed by atoms with Gasteiger partial charge in [0.2, 0.25) is 0 Å². The molecule has 0 radical (unpaired) electrons. The molecule has 1 amide bonds. The Bertz CT molecular complexity index is 533. The van der Waals surface area contributed by atoms with Gasteiger partial charge in [0.1, 0.15) is 10.8 Å². The van der Waals surface area contributed by atoms with E-state index >= 15 is 0 Å². The summed E-state index contributed by atoms with van der Waals surface area (Å²) in [4.78, 5) is 22.2. The quantitative estimate of drug-likeness (QED) is 0.613. The molecule has 0 aliphatic carbocycles. The molecule has 1 fully saturated rings. The Kier molecular flexibility index (Phi) is 4.99. The summed E-state index contributed by atoms with van der Waals surface area (Å²) in [5.74, 6) is 0. The van der Waals surface area contributed by atoms with E-state index in [1.165, 1.54) is 0 Å². The number of ether oxygens (including phenoxy) is 1. The lowest BCUT2D eigenvalue weighted by atomic mass is 10.2. The molecule has 0 saturated carbocycles. The number of amides is 1. The Morgan fingerprint density at radius 2 is 2.24 bits per heavy atom. The lowest BCUT2D eigenvalue weighted by Crippen LogP contribution is -2.35. The van der Waals surface area contributed by atoms with E-state index in [-0.39, 0.29) is 11.3 Å². The van der Waals surface area contributed by atoms with Crippen molar-refractivity contribution in [1.29, 1.82) is 0 Å². The maximum absolute atomic E-state index is 12.0. The molecule has 0 unspecified atom stereocenters. The summed E-state index contributed by atoms with van der Waals surface area (Å²) in [6.45, 7) is 8.83. The van der Waals surface area contributed by atoms with Gasteiger partial charge in [0.15, 0.2) is 5.16 Å². The van der Waals surface area contributed by atoms with Gasteiger partial charge in [0.25, 0.3) is 0 Å². The average molecular weight is 330 g/mol. The van der Waals surface area contributed by atoms with E-state index in [0.29, 0.717) is 23.4 Å². The van der Waals surface area contributed by atoms with Gasteiger partial charge < -0.3 is 9.64 Å². The van der Waals surface area contributed by atoms with E-state index in [1.807, 2.05) is 27.7 Å². The van der Waals surface area contributed by atoms with E-state index in [9.17, 15) is 4.79 Å². The van der Waals surface area contributed by atoms with Crippen LogP contribution in [0.5, 0.6) is 0 Å². The van der Waals surface area contributed by atoms with Gasteiger partial charge >= 0.3 is 6.09 Å². The average Bonchev–Trinajstić information content (AvgIpc) is 2.80. The number of hydrogen-bond acceptors (Lipinski definition) is 5. The smallest absolute Gasteiger partial charge is 0.410 e. The second-order valence-electron chi connectivity index (χ2n) is 6.08. The highest BCUT2D eigenvalue weighted by atomic mass is 35.5. The maximum atomic E-state index is 12.0. The van der Waals surface area contributed by atoms with Crippen molar-refractivity contribution in [3.05, 3.63) is 16.9 Å². The fourth-order valence-electron chi connectivity index (χ4n) is 1.93. The summed E-state index contributed by atoms with van der Waals surface area (Å²) < 4.78 is 5.38. The second-order valence-corrected chi connectivity index (χ2v) is 7.71. The number of hydrogen-bond donors (Lipinski definition) is 0. The number of aromatic nitrogens is 2. The molecule has 2 rings (SSSR count). The zero-order valence-corrected chi connectivity index (χ0v) is 14.3. The molecule has 1 aliphatic rings. The van der Waals surface area contributed by atoms with Gasteiger partial charge in [-0.15, -0.1) is 0 Å². The molecule has 1 atom stereocenters. The molecule has 1 aliphatic heterocycles. The Morgan fingerprint density at radius 1 is 1.52 bits per heavy atom. The first kappa shape index (κ1) is 16.4. The normalized spacial score (nSPS) is 18.9. The number of rotatable bonds is 2. The Balaban J connectivity index is 1.90. The van der Waals surface area contributed by atoms with Crippen molar-refractivity contribution < 1.29 is 9.53 Å². The van der Waals surface area contributed by atoms with Crippen molar-refractivity contribution in [2.45, 2.75) is 50.1 Å². The summed E-state index contributed by atoms with van der Waals surface area (Å²) in [7, 11) is 0. The molecule has 1 aromatic rings. The van der Waals surface area contributed by atoms with Crippen LogP contribution < -0.4 is 0 Å². The Labute approximate surface area is 134 Å². The van der Waals surface area contributed by atoms with Crippen molar-refractivity contribution in [3.8, 4) is 0 Å². The van der Waals surface area contributed by atoms with Gasteiger partial charge in [-0.25, -0.2) is 14.8 Å². The lowest BCUT2D eigenvalue weighted by molar-refractivity contribution is 0.0295. The van der Waals surface area contributed by atoms with Crippen LogP contribution >= 0.6 is 23.4 Å². The third-order valence-corrected chi connectivity index (χ3v) is 4.46. The summed E-state index contributed by atoms with van der Waals surface area (Å²) >= 11 is 7.56. The number of nitrogens with zero attached hydrogens (tertiary/aromatic N) is 3. The summed E-state index contributed by atoms with van der Waals surface area (Å²) in [6, 6.07) is 0. The molecular formula is C14H20ClN3O2S. The number of carbonyl (C=O) groups excluding carboxylic acids is 1. The van der Waals surface area contributed by atoms with Crippen molar-refractivity contribution in [2.24, 2.45) is 0 Å². The molecule has 1 saturated heterocycles. The van der Waals surface area contributed by atoms with Gasteiger partial charge in [0.05, 0.1) is 0 Å². The minimum absolute atomic E-state index is 0.256. The highest BCUT2D eigenvalue weighted by Gasteiger charge is 2.30. The molecule has 0 bridgehead atoms. The topological polar surface area (TPSA) is 55.3 Å². The predicted molar refractivity (Wildman–Crippen MR) is 83.8 cm³/mol. The first-order chi connectivity index (χ1) is 9.74. The number of thioether (sulfide) groups is 1. The predicted octanol–water partition coefficient (Wildman–Crippen LogP) is 3.54. The van der Waals surface area contributed by atoms with Crippen molar-refractivity contribution in [2.75, 3.05) is 13.1 Å². The second kappa shape index (κ2) is 6.40. The van der Waals surface area contributed by atoms with Crippen LogP contribution in [-0.4, -0.2) is 44.9 Å². The van der Waals surface area contributed by atoms with Crippen LogP contribution in [0.3, 0.4) is 0 Å². The van der Waals surface area contributed by atoms with Gasteiger partial charge in [-0.2, -0.15) is 0 Å². The summed E-state index contributed by atoms with van der Waals surface area (Å²) in [5, 5.41) is 1.41. The fourth-order valence-corrected chi connectivity index (χ4v) is 3.14. The number of aryl methyl sites for hydroxylation is 1. The van der Waals surface area contributed by atoms with Gasteiger partial charge in [-0.3, -0.25) is 0 Å². The van der Waals surface area contributed by atoms with Gasteiger partial charge in [0, 0.05) is 30.1 Å². The van der Waals surface area contributed by atoms with Crippen molar-refractivity contribution in [3.63, 3.8) is 0 Å². The number of likely N-dealkylation sites (tertiary alicyclic amines) is 1. The van der Waals surface area contributed by atoms with Crippen LogP contribution in [0.15, 0.2) is 11.4 Å². The molecular weight excluding hydrogens is 310 g/mol. The standard InChI is InChI=1S/C14H20ClN3O2S/c1-9-7-16-12(17-11(9)15)21-10-5-6-18(8-10)13(19)20-14(2,3)4/h7,10H,5-6,8H2,1-4H3/t10-/m0/s1. The monoisotopic (exact) mass is 329 g/mol. The molecule has 21 heavy (non-hydrogen) atoms. The first-order valence-corrected chi connectivity index (χ1v) is 8.14. The van der Waals surface area contributed by atoms with E-state index < -0.39 is 5.60 Å². The maximum Gasteiger partial charge on any atom is 0.410 e. The van der Waals surface area contributed by atoms with Crippen LogP contribution in [0.2, 0.25) is 5.15 Å². The van der Waals surface area contributed by atoms with Gasteiger partial charge in [-0.05, 0) is 34.1 Å². The summed E-state index contributed by atoms with van der Waals surface area (Å²) in [6.07, 6.45) is 2.37. The van der Waals surface area contributed by atoms with Crippen LogP contribution in [0.25, 0.3) is 0 Å². The minimum atomic E-state index is -0.462. The lowest BCUT2D eigenvalue weighted by Gasteiger charge is -2.24. The summed E-state index contributed by atoms with van der Waals surface area (Å²) in [5.41, 5.74) is 0.401. The van der Waals surface area contributed by atoms with E-state index in [0.717, 1.165) is 12.0 Å². The molecule has 2 heterocycles. The third kappa shape index (κ3) is 4.74. The highest BCUT2D eigenvalue weighted by Crippen LogP contribution is 2.29. The molecule has 0 N–H and O–H groups in total. The SMILES string of the molecule is Cc1cnc(S[C@H]2CCN(C(=O)OC(C)(C)C)C2)nc1Cl. The Hall–Kier alpha value is -1.01. The fraction of sp³-hybridized carbons (Fsp3) is 0.643. The molecule has 5 nitrogen and oxygen atoms in total. The number of carbonyl (C=O) groups is 1. The minimum Gasteiger partial charge on any atom is -0.444 e. The third-order valence-electron chi connectivity index (χ3n) is 2.96. The largest absolute Gasteiger partial charge is 0.444 e. The molecule has 1 aromatic heterocycles. The van der Waals surface area contributed by atoms with Crippen molar-refractivity contribution in [1.82, 2.24) is 14.9 Å². The Morgan fingerprint density at radius 3 is 2.86 bits per heavy atom. The van der Waals surface area contributed by atoms with E-state index in [1.54, 1.807) is 22.9 Å². The zero-order chi connectivity index (χ0) is 15.6. The van der Waals surface area contributed by atoms with Gasteiger partial charge in [-0.1, -0.05) is 23.4 Å². The van der Waals surface area contributed by atoms with E-state index in [4.69, 9.17) is 16.3 Å². The molecule has 0 aromatic carbocycles. The molecule has 0 spiro atoms. The van der Waals surface area contributed by atoms with Crippen LogP contribution in [0.1, 0.15) is 32.8 Å². The molecule has 7 heteroatoms. The molecule has 116 valence electrons. The first-order valence-electron chi connectivity index (χ1n) is 6.88. The zero-order valence-electron chi connectivity index (χ0n) is 12.7. The van der Waals surface area contributed by atoms with Crippen LogP contribution in [0.4, 0.5) is 4.79 Å². The number of halogens is 1. The van der Waals surface area contributed by atoms with Crippen LogP contribution in [-0.2, 0) is 4.74 Å². The van der Waals surface area contributed by atoms with Crippen molar-refractivity contribution >= 4 is 29.5 Å². The van der Waals surface area contributed by atoms with Crippen LogP contribution in [0, 0.1) is 6.92 Å². The van der Waals surface area contributed by atoms with E-state index in [2.05, 4.69) is 9.97 Å². The highest BCUT2D eigenvalue weighted by molar-refractivity contribution is 7.99.